The van der Waals surface area contributed by atoms with Gasteiger partial charge >= 0.3 is 11.9 Å². The van der Waals surface area contributed by atoms with Crippen molar-refractivity contribution in [3.8, 4) is 0 Å². The van der Waals surface area contributed by atoms with E-state index in [1.54, 1.807) is 11.3 Å². The van der Waals surface area contributed by atoms with E-state index in [2.05, 4.69) is 6.92 Å². The predicted molar refractivity (Wildman–Crippen MR) is 81.4 cm³/mol. The monoisotopic (exact) mass is 310 g/mol. The number of hydrogen-bond donors (Lipinski definition) is 1. The first-order chi connectivity index (χ1) is 10.0. The van der Waals surface area contributed by atoms with E-state index in [-0.39, 0.29) is 12.3 Å². The molecule has 1 atom stereocenters. The van der Waals surface area contributed by atoms with Gasteiger partial charge in [0.05, 0.1) is 7.11 Å². The maximum Gasteiger partial charge on any atom is 0.323 e. The van der Waals surface area contributed by atoms with Crippen LogP contribution in [0.1, 0.15) is 42.4 Å². The van der Waals surface area contributed by atoms with Crippen molar-refractivity contribution in [1.82, 2.24) is 0 Å². The Balaban J connectivity index is 2.37. The molecular weight excluding hydrogens is 288 g/mol. The van der Waals surface area contributed by atoms with Crippen LogP contribution in [0.25, 0.3) is 0 Å². The zero-order valence-corrected chi connectivity index (χ0v) is 13.4. The van der Waals surface area contributed by atoms with Gasteiger partial charge in [0.1, 0.15) is 0 Å². The van der Waals surface area contributed by atoms with Gasteiger partial charge in [0.2, 0.25) is 0 Å². The van der Waals surface area contributed by atoms with Crippen molar-refractivity contribution in [2.75, 3.05) is 7.11 Å². The van der Waals surface area contributed by atoms with Gasteiger partial charge in [0, 0.05) is 16.2 Å². The molecule has 0 amide bonds. The number of aliphatic carboxylic acids is 1. The van der Waals surface area contributed by atoms with E-state index in [9.17, 15) is 14.7 Å². The molecule has 1 fully saturated rings. The molecule has 0 radical (unpaired) electrons. The van der Waals surface area contributed by atoms with Crippen LogP contribution < -0.4 is 0 Å². The maximum absolute atomic E-state index is 12.3. The van der Waals surface area contributed by atoms with Crippen LogP contribution in [-0.4, -0.2) is 24.2 Å². The Bertz CT molecular complexity index is 516. The molecule has 0 aliphatic heterocycles. The molecule has 5 heteroatoms. The molecule has 1 unspecified atom stereocenters. The fourth-order valence-electron chi connectivity index (χ4n) is 3.30. The average molecular weight is 310 g/mol. The Labute approximate surface area is 129 Å². The van der Waals surface area contributed by atoms with Crippen LogP contribution in [0.4, 0.5) is 0 Å². The minimum atomic E-state index is -1.43. The summed E-state index contributed by atoms with van der Waals surface area (Å²) in [5.74, 6) is -1.78. The largest absolute Gasteiger partial charge is 0.480 e. The number of carboxylic acids is 1. The molecule has 1 aromatic heterocycles. The first-order valence-electron chi connectivity index (χ1n) is 7.44. The molecule has 2 rings (SSSR count). The smallest absolute Gasteiger partial charge is 0.323 e. The third-order valence-corrected chi connectivity index (χ3v) is 5.73. The Kier molecular flexibility index (Phi) is 5.04. The number of aryl methyl sites for hydroxylation is 1. The lowest BCUT2D eigenvalue weighted by molar-refractivity contribution is -0.171. The SMILES string of the molecule is CCc1ccc(CC(C(=O)O)(C(=O)OC)C2CCCC2)s1. The Morgan fingerprint density at radius 1 is 1.33 bits per heavy atom. The van der Waals surface area contributed by atoms with Gasteiger partial charge in [-0.1, -0.05) is 19.8 Å². The minimum Gasteiger partial charge on any atom is -0.480 e. The molecule has 0 saturated heterocycles. The van der Waals surface area contributed by atoms with E-state index in [4.69, 9.17) is 4.74 Å². The molecular formula is C16H22O4S. The second kappa shape index (κ2) is 6.60. The van der Waals surface area contributed by atoms with E-state index < -0.39 is 17.4 Å². The van der Waals surface area contributed by atoms with Crippen molar-refractivity contribution in [1.29, 1.82) is 0 Å². The predicted octanol–water partition coefficient (Wildman–Crippen LogP) is 3.29. The molecule has 1 aliphatic carbocycles. The molecule has 4 nitrogen and oxygen atoms in total. The molecule has 1 N–H and O–H groups in total. The first-order valence-corrected chi connectivity index (χ1v) is 8.25. The molecule has 0 spiro atoms. The van der Waals surface area contributed by atoms with Crippen molar-refractivity contribution in [3.63, 3.8) is 0 Å². The van der Waals surface area contributed by atoms with Crippen LogP contribution in [0.3, 0.4) is 0 Å². The number of hydrogen-bond acceptors (Lipinski definition) is 4. The van der Waals surface area contributed by atoms with Crippen molar-refractivity contribution < 1.29 is 19.4 Å². The average Bonchev–Trinajstić information content (AvgIpc) is 3.14. The quantitative estimate of drug-likeness (QED) is 0.647. The summed E-state index contributed by atoms with van der Waals surface area (Å²) in [6.45, 7) is 2.07. The molecule has 1 aliphatic rings. The lowest BCUT2D eigenvalue weighted by Crippen LogP contribution is -2.47. The highest BCUT2D eigenvalue weighted by molar-refractivity contribution is 7.12. The molecule has 116 valence electrons. The molecule has 1 saturated carbocycles. The Morgan fingerprint density at radius 2 is 1.95 bits per heavy atom. The lowest BCUT2D eigenvalue weighted by Gasteiger charge is -2.32. The molecule has 1 heterocycles. The number of thiophene rings is 1. The number of carboxylic acid groups (broad SMARTS) is 1. The van der Waals surface area contributed by atoms with Crippen molar-refractivity contribution in [3.05, 3.63) is 21.9 Å². The van der Waals surface area contributed by atoms with Crippen molar-refractivity contribution >= 4 is 23.3 Å². The van der Waals surface area contributed by atoms with E-state index in [0.717, 1.165) is 37.0 Å². The summed E-state index contributed by atoms with van der Waals surface area (Å²) >= 11 is 1.59. The van der Waals surface area contributed by atoms with Gasteiger partial charge in [-0.25, -0.2) is 0 Å². The summed E-state index contributed by atoms with van der Waals surface area (Å²) in [5, 5.41) is 9.81. The van der Waals surface area contributed by atoms with Crippen molar-refractivity contribution in [2.24, 2.45) is 11.3 Å². The summed E-state index contributed by atoms with van der Waals surface area (Å²) in [4.78, 5) is 26.5. The van der Waals surface area contributed by atoms with Crippen LogP contribution in [0.2, 0.25) is 0 Å². The maximum atomic E-state index is 12.3. The lowest BCUT2D eigenvalue weighted by atomic mass is 9.71. The number of esters is 1. The summed E-state index contributed by atoms with van der Waals surface area (Å²) in [6.07, 6.45) is 4.71. The highest BCUT2D eigenvalue weighted by Crippen LogP contribution is 2.44. The van der Waals surface area contributed by atoms with E-state index >= 15 is 0 Å². The number of rotatable bonds is 6. The van der Waals surface area contributed by atoms with Crippen LogP contribution >= 0.6 is 11.3 Å². The van der Waals surface area contributed by atoms with Gasteiger partial charge in [-0.05, 0) is 37.3 Å². The van der Waals surface area contributed by atoms with E-state index in [0.29, 0.717) is 0 Å². The number of carbonyl (C=O) groups excluding carboxylic acids is 1. The zero-order chi connectivity index (χ0) is 15.5. The molecule has 0 bridgehead atoms. The molecule has 0 aromatic carbocycles. The third kappa shape index (κ3) is 2.98. The summed E-state index contributed by atoms with van der Waals surface area (Å²) < 4.78 is 4.88. The second-order valence-electron chi connectivity index (χ2n) is 5.65. The van der Waals surface area contributed by atoms with E-state index in [1.807, 2.05) is 12.1 Å². The molecule has 21 heavy (non-hydrogen) atoms. The van der Waals surface area contributed by atoms with Gasteiger partial charge in [0.15, 0.2) is 5.41 Å². The summed E-state index contributed by atoms with van der Waals surface area (Å²) in [5.41, 5.74) is -1.43. The third-order valence-electron chi connectivity index (χ3n) is 4.50. The Morgan fingerprint density at radius 3 is 2.43 bits per heavy atom. The van der Waals surface area contributed by atoms with E-state index in [1.165, 1.54) is 12.0 Å². The number of ether oxygens (including phenoxy) is 1. The highest BCUT2D eigenvalue weighted by Gasteiger charge is 2.54. The van der Waals surface area contributed by atoms with Gasteiger partial charge in [0.25, 0.3) is 0 Å². The fourth-order valence-corrected chi connectivity index (χ4v) is 4.36. The first kappa shape index (κ1) is 16.0. The standard InChI is InChI=1S/C16H22O4S/c1-3-12-8-9-13(21-12)10-16(14(17)18,15(19)20-2)11-6-4-5-7-11/h8-9,11H,3-7,10H2,1-2H3,(H,17,18). The van der Waals surface area contributed by atoms with Gasteiger partial charge < -0.3 is 9.84 Å². The zero-order valence-electron chi connectivity index (χ0n) is 12.6. The Hall–Kier alpha value is -1.36. The van der Waals surface area contributed by atoms with Gasteiger partial charge in [-0.3, -0.25) is 9.59 Å². The molecule has 1 aromatic rings. The van der Waals surface area contributed by atoms with Crippen molar-refractivity contribution in [2.45, 2.75) is 45.4 Å². The van der Waals surface area contributed by atoms with Crippen LogP contribution in [-0.2, 0) is 27.2 Å². The fraction of sp³-hybridized carbons (Fsp3) is 0.625. The second-order valence-corrected chi connectivity index (χ2v) is 6.90. The summed E-state index contributed by atoms with van der Waals surface area (Å²) in [6, 6.07) is 3.96. The van der Waals surface area contributed by atoms with Gasteiger partial charge in [-0.15, -0.1) is 11.3 Å². The summed E-state index contributed by atoms with van der Waals surface area (Å²) in [7, 11) is 1.28. The van der Waals surface area contributed by atoms with Crippen LogP contribution in [0, 0.1) is 11.3 Å². The number of methoxy groups -OCH3 is 1. The minimum absolute atomic E-state index is 0.130. The highest BCUT2D eigenvalue weighted by atomic mass is 32.1. The topological polar surface area (TPSA) is 63.6 Å². The van der Waals surface area contributed by atoms with Gasteiger partial charge in [-0.2, -0.15) is 0 Å². The van der Waals surface area contributed by atoms with Crippen LogP contribution in [0.5, 0.6) is 0 Å². The normalized spacial score (nSPS) is 18.4. The number of carbonyl (C=O) groups is 2. The van der Waals surface area contributed by atoms with Crippen LogP contribution in [0.15, 0.2) is 12.1 Å².